The van der Waals surface area contributed by atoms with Crippen molar-refractivity contribution in [3.63, 3.8) is 0 Å². The average molecular weight is 357 g/mol. The molecule has 1 N–H and O–H groups in total. The first-order valence-electron chi connectivity index (χ1n) is 8.58. The number of carbonyl (C=O) groups excluding carboxylic acids is 3. The molecule has 0 atom stereocenters. The molecule has 0 fully saturated rings. The number of aryl methyl sites for hydroxylation is 1. The fraction of sp³-hybridized carbons (Fsp3) is 0.0870. The highest BCUT2D eigenvalue weighted by atomic mass is 16.2. The van der Waals surface area contributed by atoms with E-state index in [1.807, 2.05) is 19.1 Å². The molecule has 0 aliphatic rings. The Morgan fingerprint density at radius 1 is 0.741 bits per heavy atom. The van der Waals surface area contributed by atoms with Crippen LogP contribution in [0.25, 0.3) is 0 Å². The lowest BCUT2D eigenvalue weighted by Gasteiger charge is -2.12. The number of hydrogen-bond donors (Lipinski definition) is 1. The molecule has 3 rings (SSSR count). The van der Waals surface area contributed by atoms with Crippen molar-refractivity contribution in [2.75, 3.05) is 5.32 Å². The summed E-state index contributed by atoms with van der Waals surface area (Å²) in [5.41, 5.74) is 3.34. The predicted molar refractivity (Wildman–Crippen MR) is 105 cm³/mol. The Kier molecular flexibility index (Phi) is 5.27. The Labute approximate surface area is 157 Å². The standard InChI is InChI=1S/C23H19NO3/c1-15-8-13-21(20(14-15)22(26)18-6-4-3-5-7-18)24-23(27)19-11-9-17(10-12-19)16(2)25/h3-14H,1-2H3,(H,24,27). The third-order valence-electron chi connectivity index (χ3n) is 4.26. The molecule has 0 aliphatic heterocycles. The maximum atomic E-state index is 12.9. The summed E-state index contributed by atoms with van der Waals surface area (Å²) >= 11 is 0. The van der Waals surface area contributed by atoms with Gasteiger partial charge in [0.15, 0.2) is 11.6 Å². The van der Waals surface area contributed by atoms with Crippen molar-refractivity contribution in [1.29, 1.82) is 0 Å². The number of ketones is 2. The van der Waals surface area contributed by atoms with Gasteiger partial charge in [-0.1, -0.05) is 54.1 Å². The summed E-state index contributed by atoms with van der Waals surface area (Å²) in [6.45, 7) is 3.37. The first-order chi connectivity index (χ1) is 13.0. The van der Waals surface area contributed by atoms with Crippen molar-refractivity contribution in [1.82, 2.24) is 0 Å². The number of benzene rings is 3. The van der Waals surface area contributed by atoms with E-state index >= 15 is 0 Å². The van der Waals surface area contributed by atoms with Crippen molar-refractivity contribution in [2.45, 2.75) is 13.8 Å². The maximum absolute atomic E-state index is 12.9. The van der Waals surface area contributed by atoms with Crippen molar-refractivity contribution < 1.29 is 14.4 Å². The van der Waals surface area contributed by atoms with Crippen LogP contribution < -0.4 is 5.32 Å². The summed E-state index contributed by atoms with van der Waals surface area (Å²) in [6, 6.07) is 20.7. The minimum Gasteiger partial charge on any atom is -0.321 e. The molecular formula is C23H19NO3. The van der Waals surface area contributed by atoms with Crippen LogP contribution in [-0.4, -0.2) is 17.5 Å². The van der Waals surface area contributed by atoms with Gasteiger partial charge in [-0.3, -0.25) is 14.4 Å². The highest BCUT2D eigenvalue weighted by Gasteiger charge is 2.16. The van der Waals surface area contributed by atoms with Crippen LogP contribution >= 0.6 is 0 Å². The molecule has 1 amide bonds. The van der Waals surface area contributed by atoms with Gasteiger partial charge in [-0.2, -0.15) is 0 Å². The smallest absolute Gasteiger partial charge is 0.255 e. The number of amides is 1. The van der Waals surface area contributed by atoms with E-state index in [1.54, 1.807) is 60.7 Å². The van der Waals surface area contributed by atoms with Gasteiger partial charge in [0.05, 0.1) is 5.69 Å². The van der Waals surface area contributed by atoms with E-state index in [2.05, 4.69) is 5.32 Å². The van der Waals surface area contributed by atoms with Crippen molar-refractivity contribution in [3.8, 4) is 0 Å². The van der Waals surface area contributed by atoms with Gasteiger partial charge in [-0.15, -0.1) is 0 Å². The summed E-state index contributed by atoms with van der Waals surface area (Å²) in [5.74, 6) is -0.547. The molecule has 134 valence electrons. The first kappa shape index (κ1) is 18.3. The number of nitrogens with one attached hydrogen (secondary N) is 1. The van der Waals surface area contributed by atoms with Gasteiger partial charge in [0.25, 0.3) is 5.91 Å². The molecule has 4 heteroatoms. The third-order valence-corrected chi connectivity index (χ3v) is 4.26. The molecule has 0 saturated heterocycles. The Balaban J connectivity index is 1.89. The van der Waals surface area contributed by atoms with E-state index in [1.165, 1.54) is 6.92 Å². The zero-order chi connectivity index (χ0) is 19.4. The summed E-state index contributed by atoms with van der Waals surface area (Å²) in [4.78, 5) is 36.8. The van der Waals surface area contributed by atoms with E-state index in [9.17, 15) is 14.4 Å². The second-order valence-electron chi connectivity index (χ2n) is 6.33. The number of carbonyl (C=O) groups is 3. The monoisotopic (exact) mass is 357 g/mol. The topological polar surface area (TPSA) is 63.2 Å². The van der Waals surface area contributed by atoms with Gasteiger partial charge >= 0.3 is 0 Å². The molecule has 3 aromatic carbocycles. The van der Waals surface area contributed by atoms with Crippen LogP contribution in [-0.2, 0) is 0 Å². The molecule has 0 aliphatic carbocycles. The van der Waals surface area contributed by atoms with Crippen LogP contribution in [0.4, 0.5) is 5.69 Å². The van der Waals surface area contributed by atoms with Gasteiger partial charge < -0.3 is 5.32 Å². The molecule has 4 nitrogen and oxygen atoms in total. The molecule has 27 heavy (non-hydrogen) atoms. The Bertz CT molecular complexity index is 1010. The van der Waals surface area contributed by atoms with Crippen molar-refractivity contribution in [3.05, 3.63) is 101 Å². The molecule has 0 unspecified atom stereocenters. The third kappa shape index (κ3) is 4.18. The van der Waals surface area contributed by atoms with Gasteiger partial charge in [0.2, 0.25) is 0 Å². The van der Waals surface area contributed by atoms with E-state index in [4.69, 9.17) is 0 Å². The second-order valence-corrected chi connectivity index (χ2v) is 6.33. The molecule has 0 saturated carbocycles. The molecule has 3 aromatic rings. The molecule has 0 heterocycles. The lowest BCUT2D eigenvalue weighted by Crippen LogP contribution is -2.15. The van der Waals surface area contributed by atoms with Crippen LogP contribution in [0.5, 0.6) is 0 Å². The lowest BCUT2D eigenvalue weighted by molar-refractivity contribution is 0.100. The fourth-order valence-electron chi connectivity index (χ4n) is 2.75. The molecule has 0 radical (unpaired) electrons. The summed E-state index contributed by atoms with van der Waals surface area (Å²) in [7, 11) is 0. The lowest BCUT2D eigenvalue weighted by atomic mass is 9.99. The number of hydrogen-bond acceptors (Lipinski definition) is 3. The molecule has 0 spiro atoms. The molecule has 0 bridgehead atoms. The van der Waals surface area contributed by atoms with Gasteiger partial charge in [0, 0.05) is 22.3 Å². The van der Waals surface area contributed by atoms with Gasteiger partial charge in [-0.25, -0.2) is 0 Å². The normalized spacial score (nSPS) is 10.3. The minimum atomic E-state index is -0.337. The summed E-state index contributed by atoms with van der Waals surface area (Å²) in [6.07, 6.45) is 0. The zero-order valence-corrected chi connectivity index (χ0v) is 15.2. The van der Waals surface area contributed by atoms with E-state index in [-0.39, 0.29) is 17.5 Å². The van der Waals surface area contributed by atoms with E-state index < -0.39 is 0 Å². The highest BCUT2D eigenvalue weighted by Crippen LogP contribution is 2.22. The Morgan fingerprint density at radius 3 is 2.00 bits per heavy atom. The summed E-state index contributed by atoms with van der Waals surface area (Å²) in [5, 5.41) is 2.81. The van der Waals surface area contributed by atoms with E-state index in [0.29, 0.717) is 27.9 Å². The average Bonchev–Trinajstić information content (AvgIpc) is 2.69. The largest absolute Gasteiger partial charge is 0.321 e. The number of anilines is 1. The fourth-order valence-corrected chi connectivity index (χ4v) is 2.75. The van der Waals surface area contributed by atoms with Gasteiger partial charge in [-0.05, 0) is 38.1 Å². The molecule has 0 aromatic heterocycles. The van der Waals surface area contributed by atoms with Crippen LogP contribution in [0.3, 0.4) is 0 Å². The number of Topliss-reactive ketones (excluding diaryl/α,β-unsaturated/α-hetero) is 1. The number of rotatable bonds is 5. The first-order valence-corrected chi connectivity index (χ1v) is 8.58. The summed E-state index contributed by atoms with van der Waals surface area (Å²) < 4.78 is 0. The SMILES string of the molecule is CC(=O)c1ccc(C(=O)Nc2ccc(C)cc2C(=O)c2ccccc2)cc1. The van der Waals surface area contributed by atoms with Crippen molar-refractivity contribution in [2.24, 2.45) is 0 Å². The molecular weight excluding hydrogens is 338 g/mol. The van der Waals surface area contributed by atoms with Gasteiger partial charge in [0.1, 0.15) is 0 Å². The van der Waals surface area contributed by atoms with Crippen LogP contribution in [0.2, 0.25) is 0 Å². The minimum absolute atomic E-state index is 0.0590. The van der Waals surface area contributed by atoms with E-state index in [0.717, 1.165) is 5.56 Å². The Morgan fingerprint density at radius 2 is 1.37 bits per heavy atom. The highest BCUT2D eigenvalue weighted by molar-refractivity contribution is 6.15. The quantitative estimate of drug-likeness (QED) is 0.674. The Hall–Kier alpha value is -3.53. The second kappa shape index (κ2) is 7.79. The van der Waals surface area contributed by atoms with Crippen LogP contribution in [0, 0.1) is 6.92 Å². The van der Waals surface area contributed by atoms with Crippen LogP contribution in [0.15, 0.2) is 72.8 Å². The predicted octanol–water partition coefficient (Wildman–Crippen LogP) is 4.68. The maximum Gasteiger partial charge on any atom is 0.255 e. The van der Waals surface area contributed by atoms with Crippen molar-refractivity contribution >= 4 is 23.2 Å². The van der Waals surface area contributed by atoms with Crippen LogP contribution in [0.1, 0.15) is 49.1 Å². The zero-order valence-electron chi connectivity index (χ0n) is 15.2.